The Morgan fingerprint density at radius 3 is 2.74 bits per heavy atom. The van der Waals surface area contributed by atoms with Gasteiger partial charge in [0.2, 0.25) is 0 Å². The Morgan fingerprint density at radius 2 is 1.95 bits per heavy atom. The molecule has 2 heterocycles. The number of hydrogen-bond donors (Lipinski definition) is 1. The van der Waals surface area contributed by atoms with E-state index in [-0.39, 0.29) is 0 Å². The predicted octanol–water partition coefficient (Wildman–Crippen LogP) is 3.25. The van der Waals surface area contributed by atoms with Crippen LogP contribution in [0.4, 0.5) is 0 Å². The highest BCUT2D eigenvalue weighted by atomic mass is 32.1. The molecule has 0 saturated heterocycles. The second-order valence-corrected chi connectivity index (χ2v) is 5.48. The molecule has 19 heavy (non-hydrogen) atoms. The number of aryl methyl sites for hydroxylation is 1. The maximum absolute atomic E-state index is 5.55. The van der Waals surface area contributed by atoms with Crippen molar-refractivity contribution in [1.29, 1.82) is 0 Å². The molecular weight excluding hydrogens is 254 g/mol. The van der Waals surface area contributed by atoms with Crippen LogP contribution in [0.5, 0.6) is 0 Å². The van der Waals surface area contributed by atoms with Gasteiger partial charge >= 0.3 is 0 Å². The molecule has 1 aromatic carbocycles. The van der Waals surface area contributed by atoms with E-state index in [0.717, 1.165) is 35.5 Å². The molecule has 3 rings (SSSR count). The molecule has 0 saturated carbocycles. The molecule has 96 valence electrons. The zero-order chi connectivity index (χ0) is 13.1. The molecule has 4 heteroatoms. The Kier molecular flexibility index (Phi) is 3.53. The lowest BCUT2D eigenvalue weighted by molar-refractivity contribution is 0.833. The second kappa shape index (κ2) is 5.47. The minimum Gasteiger partial charge on any atom is -0.330 e. The zero-order valence-electron chi connectivity index (χ0n) is 10.5. The number of hydrogen-bond acceptors (Lipinski definition) is 4. The van der Waals surface area contributed by atoms with Gasteiger partial charge in [-0.3, -0.25) is 4.98 Å². The van der Waals surface area contributed by atoms with E-state index < -0.39 is 0 Å². The maximum Gasteiger partial charge on any atom is 0.124 e. The molecule has 0 aliphatic carbocycles. The summed E-state index contributed by atoms with van der Waals surface area (Å²) in [5.74, 6) is 0. The maximum atomic E-state index is 5.55. The molecule has 3 aromatic rings. The first-order valence-electron chi connectivity index (χ1n) is 6.37. The van der Waals surface area contributed by atoms with Crippen LogP contribution in [0.3, 0.4) is 0 Å². The average molecular weight is 269 g/mol. The lowest BCUT2D eigenvalue weighted by atomic mass is 10.1. The molecule has 0 aliphatic heterocycles. The van der Waals surface area contributed by atoms with Gasteiger partial charge in [0.1, 0.15) is 5.01 Å². The SMILES string of the molecule is NCCCc1ccc2sc(-c3ccncc3)nc2c1. The van der Waals surface area contributed by atoms with Crippen molar-refractivity contribution in [3.05, 3.63) is 48.3 Å². The number of nitrogens with two attached hydrogens (primary N) is 1. The van der Waals surface area contributed by atoms with Crippen molar-refractivity contribution in [2.75, 3.05) is 6.54 Å². The van der Waals surface area contributed by atoms with Crippen LogP contribution in [-0.4, -0.2) is 16.5 Å². The molecule has 0 bridgehead atoms. The normalized spacial score (nSPS) is 11.0. The smallest absolute Gasteiger partial charge is 0.124 e. The first-order chi connectivity index (χ1) is 9.36. The lowest BCUT2D eigenvalue weighted by Crippen LogP contribution is -2.00. The van der Waals surface area contributed by atoms with Crippen molar-refractivity contribution in [1.82, 2.24) is 9.97 Å². The second-order valence-electron chi connectivity index (χ2n) is 4.45. The summed E-state index contributed by atoms with van der Waals surface area (Å²) in [6.07, 6.45) is 5.64. The van der Waals surface area contributed by atoms with Gasteiger partial charge in [-0.15, -0.1) is 11.3 Å². The average Bonchev–Trinajstić information content (AvgIpc) is 2.89. The van der Waals surface area contributed by atoms with E-state index in [4.69, 9.17) is 10.7 Å². The van der Waals surface area contributed by atoms with Crippen LogP contribution < -0.4 is 5.73 Å². The molecule has 3 nitrogen and oxygen atoms in total. The van der Waals surface area contributed by atoms with Gasteiger partial charge < -0.3 is 5.73 Å². The van der Waals surface area contributed by atoms with Gasteiger partial charge in [-0.25, -0.2) is 4.98 Å². The van der Waals surface area contributed by atoms with E-state index in [1.54, 1.807) is 23.7 Å². The minimum absolute atomic E-state index is 0.733. The van der Waals surface area contributed by atoms with Crippen molar-refractivity contribution in [3.63, 3.8) is 0 Å². The van der Waals surface area contributed by atoms with E-state index in [9.17, 15) is 0 Å². The summed E-state index contributed by atoms with van der Waals surface area (Å²) in [6.45, 7) is 0.733. The number of fused-ring (bicyclic) bond motifs is 1. The minimum atomic E-state index is 0.733. The summed E-state index contributed by atoms with van der Waals surface area (Å²) in [4.78, 5) is 8.75. The molecule has 0 amide bonds. The molecular formula is C15H15N3S. The van der Waals surface area contributed by atoms with Crippen molar-refractivity contribution >= 4 is 21.6 Å². The molecule has 0 radical (unpaired) electrons. The molecule has 2 N–H and O–H groups in total. The fraction of sp³-hybridized carbons (Fsp3) is 0.200. The van der Waals surface area contributed by atoms with E-state index in [2.05, 4.69) is 23.2 Å². The Balaban J connectivity index is 1.97. The topological polar surface area (TPSA) is 51.8 Å². The summed E-state index contributed by atoms with van der Waals surface area (Å²) in [5.41, 5.74) is 9.06. The highest BCUT2D eigenvalue weighted by Gasteiger charge is 2.06. The fourth-order valence-corrected chi connectivity index (χ4v) is 3.00. The molecule has 0 unspecified atom stereocenters. The van der Waals surface area contributed by atoms with Gasteiger partial charge in [0.25, 0.3) is 0 Å². The van der Waals surface area contributed by atoms with Crippen LogP contribution in [0.2, 0.25) is 0 Å². The van der Waals surface area contributed by atoms with E-state index in [1.165, 1.54) is 10.3 Å². The van der Waals surface area contributed by atoms with E-state index in [1.807, 2.05) is 12.1 Å². The Morgan fingerprint density at radius 1 is 1.11 bits per heavy atom. The highest BCUT2D eigenvalue weighted by Crippen LogP contribution is 2.30. The largest absolute Gasteiger partial charge is 0.330 e. The highest BCUT2D eigenvalue weighted by molar-refractivity contribution is 7.21. The van der Waals surface area contributed by atoms with Crippen molar-refractivity contribution < 1.29 is 0 Å². The molecule has 0 aliphatic rings. The summed E-state index contributed by atoms with van der Waals surface area (Å²) >= 11 is 1.72. The van der Waals surface area contributed by atoms with Crippen LogP contribution in [0.1, 0.15) is 12.0 Å². The number of benzene rings is 1. The first-order valence-corrected chi connectivity index (χ1v) is 7.18. The lowest BCUT2D eigenvalue weighted by Gasteiger charge is -1.98. The van der Waals surface area contributed by atoms with Crippen LogP contribution >= 0.6 is 11.3 Å². The number of aromatic nitrogens is 2. The van der Waals surface area contributed by atoms with Gasteiger partial charge in [-0.2, -0.15) is 0 Å². The summed E-state index contributed by atoms with van der Waals surface area (Å²) in [5, 5.41) is 1.05. The van der Waals surface area contributed by atoms with E-state index in [0.29, 0.717) is 0 Å². The number of pyridine rings is 1. The number of nitrogens with zero attached hydrogens (tertiary/aromatic N) is 2. The third-order valence-corrected chi connectivity index (χ3v) is 4.13. The van der Waals surface area contributed by atoms with Gasteiger partial charge in [-0.05, 0) is 49.2 Å². The van der Waals surface area contributed by atoms with Crippen molar-refractivity contribution in [2.24, 2.45) is 5.73 Å². The quantitative estimate of drug-likeness (QED) is 0.791. The van der Waals surface area contributed by atoms with Crippen LogP contribution in [0, 0.1) is 0 Å². The molecule has 0 spiro atoms. The molecule has 2 aromatic heterocycles. The van der Waals surface area contributed by atoms with Gasteiger partial charge in [0.15, 0.2) is 0 Å². The Bertz CT molecular complexity index is 676. The Hall–Kier alpha value is -1.78. The van der Waals surface area contributed by atoms with Crippen LogP contribution in [0.25, 0.3) is 20.8 Å². The summed E-state index contributed by atoms with van der Waals surface area (Å²) < 4.78 is 1.23. The Labute approximate surface area is 116 Å². The van der Waals surface area contributed by atoms with Gasteiger partial charge in [0.05, 0.1) is 10.2 Å². The third kappa shape index (κ3) is 2.64. The standard InChI is InChI=1S/C15H15N3S/c16-7-1-2-11-3-4-14-13(10-11)18-15(19-14)12-5-8-17-9-6-12/h3-6,8-10H,1-2,7,16H2. The van der Waals surface area contributed by atoms with Crippen LogP contribution in [0.15, 0.2) is 42.7 Å². The first kappa shape index (κ1) is 12.3. The summed E-state index contributed by atoms with van der Waals surface area (Å²) in [7, 11) is 0. The summed E-state index contributed by atoms with van der Waals surface area (Å²) in [6, 6.07) is 10.5. The number of thiazole rings is 1. The monoisotopic (exact) mass is 269 g/mol. The molecule has 0 atom stereocenters. The zero-order valence-corrected chi connectivity index (χ0v) is 11.4. The molecule has 0 fully saturated rings. The third-order valence-electron chi connectivity index (χ3n) is 3.05. The van der Waals surface area contributed by atoms with Crippen LogP contribution in [-0.2, 0) is 6.42 Å². The van der Waals surface area contributed by atoms with Crippen molar-refractivity contribution in [3.8, 4) is 10.6 Å². The van der Waals surface area contributed by atoms with E-state index >= 15 is 0 Å². The van der Waals surface area contributed by atoms with Gasteiger partial charge in [0, 0.05) is 18.0 Å². The fourth-order valence-electron chi connectivity index (χ4n) is 2.05. The van der Waals surface area contributed by atoms with Crippen molar-refractivity contribution in [2.45, 2.75) is 12.8 Å². The predicted molar refractivity (Wildman–Crippen MR) is 80.2 cm³/mol. The van der Waals surface area contributed by atoms with Gasteiger partial charge in [-0.1, -0.05) is 6.07 Å². The number of rotatable bonds is 4.